The quantitative estimate of drug-likeness (QED) is 0.727. The molecule has 5 heteroatoms. The summed E-state index contributed by atoms with van der Waals surface area (Å²) in [7, 11) is 0. The van der Waals surface area contributed by atoms with Gasteiger partial charge in [0.05, 0.1) is 11.3 Å². The molecule has 5 nitrogen and oxygen atoms in total. The Labute approximate surface area is 159 Å². The molecule has 27 heavy (non-hydrogen) atoms. The molecule has 0 aromatic heterocycles. The smallest absolute Gasteiger partial charge is 0.412 e. The summed E-state index contributed by atoms with van der Waals surface area (Å²) in [6, 6.07) is 16.3. The SMILES string of the molecule is CC1(OC(=O)Nc2ccccc2C(=O)OCc2ccccc2)CCCCC1. The first-order valence-electron chi connectivity index (χ1n) is 9.36. The number of ether oxygens (including phenoxy) is 2. The molecule has 0 bridgehead atoms. The van der Waals surface area contributed by atoms with Gasteiger partial charge < -0.3 is 9.47 Å². The number of anilines is 1. The predicted molar refractivity (Wildman–Crippen MR) is 104 cm³/mol. The second kappa shape index (κ2) is 8.71. The van der Waals surface area contributed by atoms with Crippen molar-refractivity contribution in [2.45, 2.75) is 51.2 Å². The highest BCUT2D eigenvalue weighted by Gasteiger charge is 2.31. The van der Waals surface area contributed by atoms with Crippen LogP contribution < -0.4 is 5.32 Å². The highest BCUT2D eigenvalue weighted by Crippen LogP contribution is 2.31. The number of esters is 1. The molecule has 1 amide bonds. The number of benzene rings is 2. The standard InChI is InChI=1S/C22H25NO4/c1-22(14-8-3-9-15-22)27-21(25)23-19-13-7-6-12-18(19)20(24)26-16-17-10-4-2-5-11-17/h2,4-7,10-13H,3,8-9,14-16H2,1H3,(H,23,25). The van der Waals surface area contributed by atoms with Gasteiger partial charge in [-0.25, -0.2) is 9.59 Å². The maximum atomic E-state index is 12.5. The van der Waals surface area contributed by atoms with E-state index in [1.807, 2.05) is 37.3 Å². The molecule has 0 heterocycles. The highest BCUT2D eigenvalue weighted by molar-refractivity contribution is 5.99. The van der Waals surface area contributed by atoms with Crippen LogP contribution in [0.3, 0.4) is 0 Å². The number of hydrogen-bond donors (Lipinski definition) is 1. The molecule has 0 saturated heterocycles. The van der Waals surface area contributed by atoms with Gasteiger partial charge in [0, 0.05) is 0 Å². The molecule has 0 spiro atoms. The van der Waals surface area contributed by atoms with Crippen molar-refractivity contribution < 1.29 is 19.1 Å². The average Bonchev–Trinajstić information content (AvgIpc) is 2.67. The van der Waals surface area contributed by atoms with Crippen LogP contribution >= 0.6 is 0 Å². The minimum atomic E-state index is -0.539. The van der Waals surface area contributed by atoms with Crippen LogP contribution in [-0.4, -0.2) is 17.7 Å². The Bertz CT molecular complexity index is 782. The Morgan fingerprint density at radius 1 is 0.963 bits per heavy atom. The maximum absolute atomic E-state index is 12.5. The zero-order valence-corrected chi connectivity index (χ0v) is 15.6. The van der Waals surface area contributed by atoms with Gasteiger partial charge in [0.2, 0.25) is 0 Å². The van der Waals surface area contributed by atoms with Gasteiger partial charge in [-0.1, -0.05) is 48.9 Å². The van der Waals surface area contributed by atoms with Crippen molar-refractivity contribution in [2.75, 3.05) is 5.32 Å². The third-order valence-electron chi connectivity index (χ3n) is 4.85. The Morgan fingerprint density at radius 3 is 2.37 bits per heavy atom. The van der Waals surface area contributed by atoms with Crippen LogP contribution in [0.15, 0.2) is 54.6 Å². The molecule has 3 rings (SSSR count). The molecule has 0 atom stereocenters. The van der Waals surface area contributed by atoms with E-state index in [9.17, 15) is 9.59 Å². The van der Waals surface area contributed by atoms with Gasteiger partial charge >= 0.3 is 12.1 Å². The Hall–Kier alpha value is -2.82. The average molecular weight is 367 g/mol. The first kappa shape index (κ1) is 19.0. The van der Waals surface area contributed by atoms with Gasteiger partial charge in [-0.15, -0.1) is 0 Å². The molecule has 0 unspecified atom stereocenters. The highest BCUT2D eigenvalue weighted by atomic mass is 16.6. The van der Waals surface area contributed by atoms with Gasteiger partial charge in [-0.2, -0.15) is 0 Å². The topological polar surface area (TPSA) is 64.6 Å². The number of carbonyl (C=O) groups excluding carboxylic acids is 2. The maximum Gasteiger partial charge on any atom is 0.412 e. The Kier molecular flexibility index (Phi) is 6.12. The minimum absolute atomic E-state index is 0.177. The molecule has 0 radical (unpaired) electrons. The lowest BCUT2D eigenvalue weighted by Gasteiger charge is -2.33. The van der Waals surface area contributed by atoms with Gasteiger partial charge in [0.1, 0.15) is 12.2 Å². The molecule has 1 fully saturated rings. The number of rotatable bonds is 5. The number of carbonyl (C=O) groups is 2. The van der Waals surface area contributed by atoms with E-state index in [2.05, 4.69) is 5.32 Å². The third kappa shape index (κ3) is 5.33. The van der Waals surface area contributed by atoms with Crippen LogP contribution in [0.4, 0.5) is 10.5 Å². The first-order chi connectivity index (χ1) is 13.1. The fourth-order valence-electron chi connectivity index (χ4n) is 3.33. The summed E-state index contributed by atoms with van der Waals surface area (Å²) >= 11 is 0. The third-order valence-corrected chi connectivity index (χ3v) is 4.85. The van der Waals surface area contributed by atoms with E-state index < -0.39 is 17.7 Å². The van der Waals surface area contributed by atoms with E-state index in [0.717, 1.165) is 31.2 Å². The zero-order valence-electron chi connectivity index (χ0n) is 15.6. The van der Waals surface area contributed by atoms with Crippen LogP contribution in [-0.2, 0) is 16.1 Å². The summed E-state index contributed by atoms with van der Waals surface area (Å²) in [4.78, 5) is 24.8. The van der Waals surface area contributed by atoms with E-state index in [1.165, 1.54) is 6.42 Å². The lowest BCUT2D eigenvalue weighted by molar-refractivity contribution is 0.00563. The van der Waals surface area contributed by atoms with Crippen molar-refractivity contribution >= 4 is 17.7 Å². The van der Waals surface area contributed by atoms with Crippen LogP contribution in [0.5, 0.6) is 0 Å². The molecule has 1 saturated carbocycles. The zero-order chi connectivity index (χ0) is 19.1. The lowest BCUT2D eigenvalue weighted by Crippen LogP contribution is -2.35. The van der Waals surface area contributed by atoms with Gasteiger partial charge in [-0.05, 0) is 50.3 Å². The van der Waals surface area contributed by atoms with E-state index >= 15 is 0 Å². The molecule has 2 aromatic rings. The molecular formula is C22H25NO4. The van der Waals surface area contributed by atoms with Crippen molar-refractivity contribution in [2.24, 2.45) is 0 Å². The van der Waals surface area contributed by atoms with Gasteiger partial charge in [0.25, 0.3) is 0 Å². The molecule has 1 aliphatic carbocycles. The van der Waals surface area contributed by atoms with Crippen molar-refractivity contribution in [3.8, 4) is 0 Å². The van der Waals surface area contributed by atoms with Crippen molar-refractivity contribution in [1.82, 2.24) is 0 Å². The Morgan fingerprint density at radius 2 is 1.63 bits per heavy atom. The van der Waals surface area contributed by atoms with E-state index in [1.54, 1.807) is 24.3 Å². The fourth-order valence-corrected chi connectivity index (χ4v) is 3.33. The summed E-state index contributed by atoms with van der Waals surface area (Å²) in [6.07, 6.45) is 4.49. The van der Waals surface area contributed by atoms with E-state index in [0.29, 0.717) is 11.3 Å². The number of hydrogen-bond acceptors (Lipinski definition) is 4. The second-order valence-corrected chi connectivity index (χ2v) is 7.13. The molecule has 2 aromatic carbocycles. The van der Waals surface area contributed by atoms with Crippen LogP contribution in [0, 0.1) is 0 Å². The normalized spacial score (nSPS) is 15.6. The first-order valence-corrected chi connectivity index (χ1v) is 9.36. The summed E-state index contributed by atoms with van der Waals surface area (Å²) in [6.45, 7) is 2.14. The predicted octanol–water partition coefficient (Wildman–Crippen LogP) is 5.31. The Balaban J connectivity index is 1.62. The molecular weight excluding hydrogens is 342 g/mol. The fraction of sp³-hybridized carbons (Fsp3) is 0.364. The van der Waals surface area contributed by atoms with Crippen molar-refractivity contribution in [3.63, 3.8) is 0 Å². The summed E-state index contributed by atoms with van der Waals surface area (Å²) in [5, 5.41) is 2.70. The van der Waals surface area contributed by atoms with Gasteiger partial charge in [0.15, 0.2) is 0 Å². The number of amides is 1. The van der Waals surface area contributed by atoms with E-state index in [4.69, 9.17) is 9.47 Å². The minimum Gasteiger partial charge on any atom is -0.457 e. The van der Waals surface area contributed by atoms with Gasteiger partial charge in [-0.3, -0.25) is 5.32 Å². The number of para-hydroxylation sites is 1. The van der Waals surface area contributed by atoms with Crippen LogP contribution in [0.1, 0.15) is 54.9 Å². The summed E-state index contributed by atoms with van der Waals surface area (Å²) in [5.74, 6) is -0.487. The van der Waals surface area contributed by atoms with Crippen molar-refractivity contribution in [1.29, 1.82) is 0 Å². The largest absolute Gasteiger partial charge is 0.457 e. The monoisotopic (exact) mass is 367 g/mol. The molecule has 142 valence electrons. The van der Waals surface area contributed by atoms with Crippen LogP contribution in [0.25, 0.3) is 0 Å². The van der Waals surface area contributed by atoms with E-state index in [-0.39, 0.29) is 6.61 Å². The molecule has 1 N–H and O–H groups in total. The second-order valence-electron chi connectivity index (χ2n) is 7.13. The summed E-state index contributed by atoms with van der Waals surface area (Å²) in [5.41, 5.74) is 1.16. The molecule has 0 aliphatic heterocycles. The molecule has 1 aliphatic rings. The van der Waals surface area contributed by atoms with Crippen LogP contribution in [0.2, 0.25) is 0 Å². The number of nitrogens with one attached hydrogen (secondary N) is 1. The lowest BCUT2D eigenvalue weighted by atomic mass is 9.86. The summed E-state index contributed by atoms with van der Waals surface area (Å²) < 4.78 is 11.0. The van der Waals surface area contributed by atoms with Crippen molar-refractivity contribution in [3.05, 3.63) is 65.7 Å².